The molecule has 0 saturated carbocycles. The molecule has 1 saturated heterocycles. The Hall–Kier alpha value is -0.230. The number of halogens is 1. The molecule has 66 valence electrons. The van der Waals surface area contributed by atoms with E-state index in [-0.39, 0.29) is 0 Å². The second-order valence-electron chi connectivity index (χ2n) is 2.40. The van der Waals surface area contributed by atoms with Gasteiger partial charge in [0, 0.05) is 7.11 Å². The van der Waals surface area contributed by atoms with Crippen molar-refractivity contribution >= 4 is 0 Å². The minimum atomic E-state index is -1.57. The van der Waals surface area contributed by atoms with E-state index in [0.29, 0.717) is 0 Å². The third-order valence-electron chi connectivity index (χ3n) is 1.69. The second-order valence-corrected chi connectivity index (χ2v) is 2.40. The normalized spacial score (nSPS) is 44.7. The van der Waals surface area contributed by atoms with Crippen LogP contribution in [0.3, 0.4) is 0 Å². The summed E-state index contributed by atoms with van der Waals surface area (Å²) < 4.78 is 22.2. The Kier molecular flexibility index (Phi) is 2.78. The van der Waals surface area contributed by atoms with Crippen LogP contribution in [0.5, 0.6) is 0 Å². The van der Waals surface area contributed by atoms with Crippen molar-refractivity contribution in [1.82, 2.24) is 0 Å². The van der Waals surface area contributed by atoms with Gasteiger partial charge in [0.05, 0.1) is 6.61 Å². The lowest BCUT2D eigenvalue weighted by atomic mass is 10.2. The first kappa shape index (κ1) is 8.86. The first-order chi connectivity index (χ1) is 5.20. The quantitative estimate of drug-likeness (QED) is 0.555. The highest BCUT2D eigenvalue weighted by Crippen LogP contribution is 2.23. The Labute approximate surface area is 63.5 Å². The molecule has 0 aromatic heterocycles. The number of rotatable bonds is 2. The maximum Gasteiger partial charge on any atom is 0.191 e. The van der Waals surface area contributed by atoms with E-state index in [0.717, 1.165) is 0 Å². The summed E-state index contributed by atoms with van der Waals surface area (Å²) in [5.41, 5.74) is 0. The van der Waals surface area contributed by atoms with E-state index in [1.165, 1.54) is 7.11 Å². The number of aliphatic hydroxyl groups excluding tert-OH is 2. The monoisotopic (exact) mass is 166 g/mol. The zero-order valence-electron chi connectivity index (χ0n) is 6.11. The smallest absolute Gasteiger partial charge is 0.191 e. The molecular weight excluding hydrogens is 155 g/mol. The Morgan fingerprint density at radius 2 is 2.27 bits per heavy atom. The molecule has 1 heterocycles. The van der Waals surface area contributed by atoms with Crippen molar-refractivity contribution in [2.45, 2.75) is 24.7 Å². The molecule has 2 N–H and O–H groups in total. The van der Waals surface area contributed by atoms with Crippen LogP contribution in [0.15, 0.2) is 0 Å². The molecule has 1 fully saturated rings. The van der Waals surface area contributed by atoms with Gasteiger partial charge in [-0.25, -0.2) is 4.39 Å². The van der Waals surface area contributed by atoms with Gasteiger partial charge >= 0.3 is 0 Å². The van der Waals surface area contributed by atoms with Gasteiger partial charge < -0.3 is 19.7 Å². The minimum Gasteiger partial charge on any atom is -0.394 e. The largest absolute Gasteiger partial charge is 0.394 e. The maximum absolute atomic E-state index is 12.8. The number of methoxy groups -OCH3 is 1. The van der Waals surface area contributed by atoms with Crippen molar-refractivity contribution in [2.24, 2.45) is 0 Å². The van der Waals surface area contributed by atoms with Gasteiger partial charge in [-0.05, 0) is 0 Å². The van der Waals surface area contributed by atoms with Crippen LogP contribution >= 0.6 is 0 Å². The average molecular weight is 166 g/mol. The molecule has 0 aromatic carbocycles. The molecule has 4 nitrogen and oxygen atoms in total. The molecule has 0 unspecified atom stereocenters. The van der Waals surface area contributed by atoms with Gasteiger partial charge in [-0.15, -0.1) is 0 Å². The lowest BCUT2D eigenvalue weighted by molar-refractivity contribution is -0.141. The minimum absolute atomic E-state index is 0.401. The Morgan fingerprint density at radius 3 is 2.55 bits per heavy atom. The molecule has 11 heavy (non-hydrogen) atoms. The Morgan fingerprint density at radius 1 is 1.64 bits per heavy atom. The molecule has 0 aromatic rings. The van der Waals surface area contributed by atoms with Crippen molar-refractivity contribution in [1.29, 1.82) is 0 Å². The van der Waals surface area contributed by atoms with Crippen LogP contribution in [0.25, 0.3) is 0 Å². The van der Waals surface area contributed by atoms with Crippen molar-refractivity contribution in [3.63, 3.8) is 0 Å². The van der Waals surface area contributed by atoms with Gasteiger partial charge in [-0.3, -0.25) is 0 Å². The van der Waals surface area contributed by atoms with E-state index in [9.17, 15) is 4.39 Å². The highest BCUT2D eigenvalue weighted by Gasteiger charge is 2.43. The first-order valence-corrected chi connectivity index (χ1v) is 3.32. The summed E-state index contributed by atoms with van der Waals surface area (Å²) in [5, 5.41) is 17.6. The number of hydrogen-bond donors (Lipinski definition) is 2. The van der Waals surface area contributed by atoms with Gasteiger partial charge in [0.2, 0.25) is 0 Å². The van der Waals surface area contributed by atoms with Gasteiger partial charge in [0.15, 0.2) is 12.5 Å². The van der Waals surface area contributed by atoms with Crippen LogP contribution < -0.4 is 0 Å². The SMILES string of the molecule is CO[C@@H]1O[C@H](CO)[C@@H](O)[C@@H]1F. The summed E-state index contributed by atoms with van der Waals surface area (Å²) in [6.45, 7) is -0.401. The number of alkyl halides is 1. The molecular formula is C6H11FO4. The van der Waals surface area contributed by atoms with Gasteiger partial charge in [-0.2, -0.15) is 0 Å². The van der Waals surface area contributed by atoms with Crippen LogP contribution in [-0.4, -0.2) is 48.6 Å². The summed E-state index contributed by atoms with van der Waals surface area (Å²) in [5.74, 6) is 0. The number of ether oxygens (including phenoxy) is 2. The summed E-state index contributed by atoms with van der Waals surface area (Å²) in [6.07, 6.45) is -4.78. The fourth-order valence-electron chi connectivity index (χ4n) is 1.03. The van der Waals surface area contributed by atoms with E-state index in [1.807, 2.05) is 0 Å². The predicted molar refractivity (Wildman–Crippen MR) is 33.7 cm³/mol. The standard InChI is InChI=1S/C6H11FO4/c1-10-6-4(7)5(9)3(2-8)11-6/h3-6,8-9H,2H2,1H3/t3-,4+,5-,6-/m1/s1. The van der Waals surface area contributed by atoms with Crippen molar-refractivity contribution in [3.8, 4) is 0 Å². The molecule has 0 spiro atoms. The van der Waals surface area contributed by atoms with Crippen molar-refractivity contribution < 1.29 is 24.1 Å². The third-order valence-corrected chi connectivity index (χ3v) is 1.69. The first-order valence-electron chi connectivity index (χ1n) is 3.32. The number of hydrogen-bond acceptors (Lipinski definition) is 4. The van der Waals surface area contributed by atoms with Crippen LogP contribution in [0, 0.1) is 0 Å². The Bertz CT molecular complexity index is 114. The summed E-state index contributed by atoms with van der Waals surface area (Å²) >= 11 is 0. The zero-order valence-corrected chi connectivity index (χ0v) is 6.11. The maximum atomic E-state index is 12.8. The summed E-state index contributed by atoms with van der Waals surface area (Å²) in [6, 6.07) is 0. The lowest BCUT2D eigenvalue weighted by Gasteiger charge is -2.09. The fraction of sp³-hybridized carbons (Fsp3) is 1.00. The van der Waals surface area contributed by atoms with E-state index in [4.69, 9.17) is 14.9 Å². The van der Waals surface area contributed by atoms with Gasteiger partial charge in [0.25, 0.3) is 0 Å². The van der Waals surface area contributed by atoms with Gasteiger partial charge in [-0.1, -0.05) is 0 Å². The molecule has 0 amide bonds. The molecule has 1 rings (SSSR count). The second kappa shape index (κ2) is 3.44. The molecule has 5 heteroatoms. The number of aliphatic hydroxyl groups is 2. The van der Waals surface area contributed by atoms with Crippen LogP contribution in [0.2, 0.25) is 0 Å². The van der Waals surface area contributed by atoms with Crippen LogP contribution in [0.1, 0.15) is 0 Å². The third kappa shape index (κ3) is 1.51. The van der Waals surface area contributed by atoms with Crippen LogP contribution in [-0.2, 0) is 9.47 Å². The van der Waals surface area contributed by atoms with Crippen molar-refractivity contribution in [3.05, 3.63) is 0 Å². The van der Waals surface area contributed by atoms with E-state index < -0.39 is 31.3 Å². The molecule has 1 aliphatic rings. The fourth-order valence-corrected chi connectivity index (χ4v) is 1.03. The highest BCUT2D eigenvalue weighted by molar-refractivity contribution is 4.86. The van der Waals surface area contributed by atoms with E-state index >= 15 is 0 Å². The molecule has 0 aliphatic carbocycles. The predicted octanol–water partition coefficient (Wildman–Crippen LogP) is -0.951. The zero-order chi connectivity index (χ0) is 8.43. The topological polar surface area (TPSA) is 58.9 Å². The van der Waals surface area contributed by atoms with E-state index in [1.54, 1.807) is 0 Å². The average Bonchev–Trinajstić information content (AvgIpc) is 2.30. The molecule has 1 aliphatic heterocycles. The van der Waals surface area contributed by atoms with Crippen LogP contribution in [0.4, 0.5) is 4.39 Å². The molecule has 0 bridgehead atoms. The molecule has 0 radical (unpaired) electrons. The summed E-state index contributed by atoms with van der Waals surface area (Å²) in [7, 11) is 1.28. The molecule has 4 atom stereocenters. The lowest BCUT2D eigenvalue weighted by Crippen LogP contribution is -2.31. The van der Waals surface area contributed by atoms with Gasteiger partial charge in [0.1, 0.15) is 12.2 Å². The Balaban J connectivity index is 2.53. The van der Waals surface area contributed by atoms with E-state index in [2.05, 4.69) is 4.74 Å². The van der Waals surface area contributed by atoms with Crippen molar-refractivity contribution in [2.75, 3.05) is 13.7 Å². The highest BCUT2D eigenvalue weighted by atomic mass is 19.1. The summed E-state index contributed by atoms with van der Waals surface area (Å²) in [4.78, 5) is 0.